The highest BCUT2D eigenvalue weighted by Gasteiger charge is 2.38. The Morgan fingerprint density at radius 1 is 0.556 bits per heavy atom. The van der Waals surface area contributed by atoms with Crippen molar-refractivity contribution in [2.75, 3.05) is 49.1 Å². The van der Waals surface area contributed by atoms with Crippen LogP contribution in [0.5, 0.6) is 0 Å². The largest absolute Gasteiger partial charge is 0.471 e. The summed E-state index contributed by atoms with van der Waals surface area (Å²) in [5.41, 5.74) is 10.9. The second-order valence-corrected chi connectivity index (χ2v) is 17.3. The van der Waals surface area contributed by atoms with Gasteiger partial charge in [0.15, 0.2) is 11.6 Å². The summed E-state index contributed by atoms with van der Waals surface area (Å²) in [4.78, 5) is 76.8. The number of nitrogens with one attached hydrogen (secondary N) is 1. The van der Waals surface area contributed by atoms with E-state index in [-0.39, 0.29) is 54.2 Å². The van der Waals surface area contributed by atoms with Gasteiger partial charge in [-0.3, -0.25) is 34.2 Å². The highest BCUT2D eigenvalue weighted by atomic mass is 19.4. The second-order valence-electron chi connectivity index (χ2n) is 17.3. The average Bonchev–Trinajstić information content (AvgIpc) is 3.42. The van der Waals surface area contributed by atoms with Crippen LogP contribution in [0.1, 0.15) is 70.4 Å². The summed E-state index contributed by atoms with van der Waals surface area (Å²) in [5.74, 6) is -4.79. The summed E-state index contributed by atoms with van der Waals surface area (Å²) >= 11 is 0. The minimum absolute atomic E-state index is 0.0600. The monoisotopic (exact) mass is 988 g/mol. The van der Waals surface area contributed by atoms with Crippen LogP contribution in [0, 0.1) is 11.6 Å². The lowest BCUT2D eigenvalue weighted by Crippen LogP contribution is -2.45. The van der Waals surface area contributed by atoms with E-state index in [1.54, 1.807) is 58.9 Å². The Labute approximate surface area is 413 Å². The van der Waals surface area contributed by atoms with Crippen LogP contribution in [-0.2, 0) is 17.9 Å². The number of halogens is 5. The number of alkyl halides is 3. The van der Waals surface area contributed by atoms with Crippen LogP contribution in [0.2, 0.25) is 0 Å². The first kappa shape index (κ1) is 52.0. The van der Waals surface area contributed by atoms with E-state index in [0.717, 1.165) is 66.8 Å². The first-order valence-electron chi connectivity index (χ1n) is 23.5. The Balaban J connectivity index is 0.000000214. The van der Waals surface area contributed by atoms with E-state index in [1.165, 1.54) is 28.4 Å². The molecule has 0 aliphatic carbocycles. The van der Waals surface area contributed by atoms with Gasteiger partial charge in [0, 0.05) is 84.6 Å². The third-order valence-electron chi connectivity index (χ3n) is 12.3. The predicted octanol–water partition coefficient (Wildman–Crippen LogP) is 10.0. The number of likely N-dealkylation sites (tertiary alicyclic amines) is 2. The number of hydrogen-bond acceptors (Lipinski definition) is 8. The van der Waals surface area contributed by atoms with Crippen molar-refractivity contribution in [1.29, 1.82) is 0 Å². The van der Waals surface area contributed by atoms with E-state index in [2.05, 4.69) is 9.97 Å². The maximum absolute atomic E-state index is 15.1. The molecule has 2 aromatic heterocycles. The zero-order valence-electron chi connectivity index (χ0n) is 39.3. The molecule has 8 rings (SSSR count). The fraction of sp³-hybridized carbons (Fsp3) is 0.278. The molecule has 4 heterocycles. The SMILES string of the molecule is NCC(=O)c1ccc(CN(C(=O)N2CCCCC2)c2ccc(-c3cccnc3)cc2)c(F)c1.O=C(CNC(=O)C(F)(F)F)c1ccc(CN(C(=O)N2CCCCC2)c2ccc(-c3cccnc3)cc2)c(F)c1. The molecule has 3 N–H and O–H groups in total. The lowest BCUT2D eigenvalue weighted by atomic mass is 10.1. The fourth-order valence-electron chi connectivity index (χ4n) is 8.30. The molecule has 72 heavy (non-hydrogen) atoms. The molecule has 0 saturated carbocycles. The average molecular weight is 989 g/mol. The number of urea groups is 2. The highest BCUT2D eigenvalue weighted by molar-refractivity contribution is 6.00. The molecule has 4 aromatic carbocycles. The van der Waals surface area contributed by atoms with Gasteiger partial charge < -0.3 is 20.9 Å². The van der Waals surface area contributed by atoms with Crippen molar-refractivity contribution in [2.24, 2.45) is 5.73 Å². The van der Waals surface area contributed by atoms with Crippen LogP contribution in [0.15, 0.2) is 134 Å². The number of hydrogen-bond donors (Lipinski definition) is 2. The zero-order valence-corrected chi connectivity index (χ0v) is 39.3. The standard InChI is InChI=1S/C28H26F4N4O3.C26H27FN4O2/c29-24-15-20(25(37)17-34-26(38)28(30,31)32)6-7-22(24)18-36(27(39)35-13-2-1-3-14-35)23-10-8-19(9-11-23)21-5-4-12-33-16-21;27-24-15-20(25(32)16-28)6-7-22(24)18-31(26(33)30-13-2-1-3-14-30)23-10-8-19(9-11-23)21-5-4-12-29-17-21/h4-12,15-16H,1-3,13-14,17-18H2,(H,34,38);4-12,15,17H,1-3,13-14,16,18,28H2. The normalized spacial score (nSPS) is 13.6. The summed E-state index contributed by atoms with van der Waals surface area (Å²) in [6, 6.07) is 29.7. The number of anilines is 2. The van der Waals surface area contributed by atoms with E-state index in [0.29, 0.717) is 43.1 Å². The first-order chi connectivity index (χ1) is 34.7. The molecule has 0 bridgehead atoms. The van der Waals surface area contributed by atoms with Gasteiger partial charge in [0.25, 0.3) is 0 Å². The molecule has 374 valence electrons. The molecule has 0 radical (unpaired) electrons. The molecule has 6 aromatic rings. The zero-order chi connectivity index (χ0) is 51.2. The molecule has 2 aliphatic heterocycles. The van der Waals surface area contributed by atoms with Gasteiger partial charge in [-0.1, -0.05) is 60.7 Å². The van der Waals surface area contributed by atoms with Crippen molar-refractivity contribution >= 4 is 40.9 Å². The Hall–Kier alpha value is -7.86. The molecule has 0 atom stereocenters. The number of rotatable bonds is 13. The summed E-state index contributed by atoms with van der Waals surface area (Å²) in [5, 5.41) is 1.48. The van der Waals surface area contributed by atoms with Crippen molar-refractivity contribution in [3.05, 3.63) is 168 Å². The topological polar surface area (TPSA) is 162 Å². The van der Waals surface area contributed by atoms with Crippen LogP contribution in [0.4, 0.5) is 42.9 Å². The smallest absolute Gasteiger partial charge is 0.341 e. The van der Waals surface area contributed by atoms with Crippen LogP contribution >= 0.6 is 0 Å². The Kier molecular flexibility index (Phi) is 17.6. The number of nitrogens with zero attached hydrogens (tertiary/aromatic N) is 6. The predicted molar refractivity (Wildman–Crippen MR) is 263 cm³/mol. The number of piperidine rings is 2. The number of amides is 5. The molecule has 0 unspecified atom stereocenters. The summed E-state index contributed by atoms with van der Waals surface area (Å²) in [7, 11) is 0. The van der Waals surface area contributed by atoms with Gasteiger partial charge in [-0.2, -0.15) is 13.2 Å². The Bertz CT molecular complexity index is 2820. The van der Waals surface area contributed by atoms with Crippen molar-refractivity contribution in [2.45, 2.75) is 57.8 Å². The van der Waals surface area contributed by atoms with Crippen molar-refractivity contribution < 1.29 is 45.9 Å². The number of aromatic nitrogens is 2. The highest BCUT2D eigenvalue weighted by Crippen LogP contribution is 2.29. The Morgan fingerprint density at radius 2 is 0.972 bits per heavy atom. The number of Topliss-reactive ketones (excluding diaryl/α,β-unsaturated/α-hetero) is 2. The van der Waals surface area contributed by atoms with E-state index in [4.69, 9.17) is 5.73 Å². The third kappa shape index (κ3) is 13.5. The molecule has 13 nitrogen and oxygen atoms in total. The fourth-order valence-corrected chi connectivity index (χ4v) is 8.30. The van der Waals surface area contributed by atoms with Gasteiger partial charge in [0.05, 0.1) is 26.2 Å². The molecule has 2 fully saturated rings. The molecular weight excluding hydrogens is 936 g/mol. The second kappa shape index (κ2) is 24.3. The number of ketones is 2. The van der Waals surface area contributed by atoms with Gasteiger partial charge >= 0.3 is 24.1 Å². The van der Waals surface area contributed by atoms with Gasteiger partial charge in [-0.05, 0) is 109 Å². The van der Waals surface area contributed by atoms with E-state index in [1.807, 2.05) is 65.6 Å². The van der Waals surface area contributed by atoms with Crippen LogP contribution in [0.3, 0.4) is 0 Å². The van der Waals surface area contributed by atoms with E-state index >= 15 is 4.39 Å². The molecule has 18 heteroatoms. The lowest BCUT2D eigenvalue weighted by molar-refractivity contribution is -0.173. The molecule has 2 saturated heterocycles. The number of nitrogens with two attached hydrogens (primary N) is 1. The quantitative estimate of drug-likeness (QED) is 0.0854. The van der Waals surface area contributed by atoms with Crippen molar-refractivity contribution in [3.8, 4) is 22.3 Å². The van der Waals surface area contributed by atoms with Crippen molar-refractivity contribution in [3.63, 3.8) is 0 Å². The van der Waals surface area contributed by atoms with Gasteiger partial charge in [-0.15, -0.1) is 0 Å². The molecule has 2 aliphatic rings. The van der Waals surface area contributed by atoms with E-state index < -0.39 is 36.0 Å². The molecule has 0 spiro atoms. The molecule has 5 amide bonds. The lowest BCUT2D eigenvalue weighted by Gasteiger charge is -2.33. The number of benzene rings is 4. The summed E-state index contributed by atoms with van der Waals surface area (Å²) < 4.78 is 67.1. The maximum atomic E-state index is 15.1. The number of carbonyl (C=O) groups excluding carboxylic acids is 5. The Morgan fingerprint density at radius 3 is 1.33 bits per heavy atom. The maximum Gasteiger partial charge on any atom is 0.471 e. The third-order valence-corrected chi connectivity index (χ3v) is 12.3. The minimum atomic E-state index is -5.13. The molecular formula is C54H53F5N8O5. The van der Waals surface area contributed by atoms with Gasteiger partial charge in [0.1, 0.15) is 11.6 Å². The summed E-state index contributed by atoms with van der Waals surface area (Å²) in [6.45, 7) is 1.37. The number of carbonyl (C=O) groups is 5. The first-order valence-corrected chi connectivity index (χ1v) is 23.5. The minimum Gasteiger partial charge on any atom is -0.341 e. The van der Waals surface area contributed by atoms with E-state index in [9.17, 15) is 41.5 Å². The van der Waals surface area contributed by atoms with Crippen molar-refractivity contribution in [1.82, 2.24) is 25.1 Å². The van der Waals surface area contributed by atoms with Gasteiger partial charge in [-0.25, -0.2) is 18.4 Å². The van der Waals surface area contributed by atoms with Crippen LogP contribution in [0.25, 0.3) is 22.3 Å². The number of pyridine rings is 2. The summed E-state index contributed by atoms with van der Waals surface area (Å²) in [6.07, 6.45) is 7.56. The van der Waals surface area contributed by atoms with Crippen LogP contribution < -0.4 is 20.9 Å². The van der Waals surface area contributed by atoms with Crippen LogP contribution in [-0.4, -0.2) is 94.7 Å². The van der Waals surface area contributed by atoms with Gasteiger partial charge in [0.2, 0.25) is 0 Å².